The van der Waals surface area contributed by atoms with Crippen molar-refractivity contribution in [2.24, 2.45) is 7.05 Å². The number of anilines is 3. The van der Waals surface area contributed by atoms with E-state index < -0.39 is 17.4 Å². The van der Waals surface area contributed by atoms with E-state index in [0.29, 0.717) is 16.6 Å². The van der Waals surface area contributed by atoms with Crippen molar-refractivity contribution in [1.82, 2.24) is 4.57 Å². The summed E-state index contributed by atoms with van der Waals surface area (Å²) in [6, 6.07) is 26.0. The first-order chi connectivity index (χ1) is 18.3. The van der Waals surface area contributed by atoms with Gasteiger partial charge in [-0.3, -0.25) is 9.59 Å². The minimum Gasteiger partial charge on any atom is -0.506 e. The fourth-order valence-corrected chi connectivity index (χ4v) is 4.95. The Kier molecular flexibility index (Phi) is 6.51. The molecular weight excluding hydrogens is 476 g/mol. The van der Waals surface area contributed by atoms with E-state index in [-0.39, 0.29) is 17.7 Å². The van der Waals surface area contributed by atoms with E-state index >= 15 is 0 Å². The molecule has 1 aromatic heterocycles. The number of ketones is 1. The lowest BCUT2D eigenvalue weighted by Gasteiger charge is -2.23. The first kappa shape index (κ1) is 24.9. The van der Waals surface area contributed by atoms with E-state index in [1.165, 1.54) is 4.57 Å². The molecule has 0 spiro atoms. The number of aryl methyl sites for hydroxylation is 1. The lowest BCUT2D eigenvalue weighted by molar-refractivity contribution is 0.0972. The van der Waals surface area contributed by atoms with E-state index in [9.17, 15) is 14.7 Å². The lowest BCUT2D eigenvalue weighted by atomic mass is 9.95. The van der Waals surface area contributed by atoms with Crippen LogP contribution in [0.3, 0.4) is 0 Å². The summed E-state index contributed by atoms with van der Waals surface area (Å²) >= 11 is 0. The minimum absolute atomic E-state index is 0.0500. The minimum atomic E-state index is -0.526. The second-order valence-corrected chi connectivity index (χ2v) is 9.67. The van der Waals surface area contributed by atoms with Crippen molar-refractivity contribution in [3.05, 3.63) is 106 Å². The van der Waals surface area contributed by atoms with Gasteiger partial charge in [-0.15, -0.1) is 0 Å². The number of benzene rings is 4. The van der Waals surface area contributed by atoms with Crippen LogP contribution in [0, 0.1) is 0 Å². The number of hydrogen-bond acceptors (Lipinski definition) is 6. The highest BCUT2D eigenvalue weighted by molar-refractivity contribution is 6.05. The van der Waals surface area contributed by atoms with E-state index in [1.54, 1.807) is 31.3 Å². The second kappa shape index (κ2) is 9.94. The summed E-state index contributed by atoms with van der Waals surface area (Å²) in [5, 5.41) is 16.8. The SMILES string of the molecule is CN(C)c1ccc([C@H](CC(=O)c2c(O)c3ccccc3n(C)c2=O)Nc2cccc3cccc(N)c23)cc1. The number of pyridine rings is 1. The number of fused-ring (bicyclic) bond motifs is 2. The zero-order valence-corrected chi connectivity index (χ0v) is 21.6. The summed E-state index contributed by atoms with van der Waals surface area (Å²) in [7, 11) is 5.53. The fraction of sp³-hybridized carbons (Fsp3) is 0.161. The molecule has 38 heavy (non-hydrogen) atoms. The van der Waals surface area contributed by atoms with Crippen molar-refractivity contribution in [3.8, 4) is 5.75 Å². The average Bonchev–Trinajstić information content (AvgIpc) is 2.92. The maximum Gasteiger partial charge on any atom is 0.265 e. The van der Waals surface area contributed by atoms with Gasteiger partial charge in [0.2, 0.25) is 0 Å². The number of nitrogens with zero attached hydrogens (tertiary/aromatic N) is 2. The molecule has 0 aliphatic rings. The average molecular weight is 507 g/mol. The maximum absolute atomic E-state index is 13.7. The first-order valence-corrected chi connectivity index (χ1v) is 12.4. The standard InChI is InChI=1S/C31H30N4O3/c1-34(2)21-16-14-19(15-17-21)25(33-24-12-7-9-20-8-6-11-23(32)28(20)24)18-27(36)29-30(37)22-10-4-5-13-26(22)35(3)31(29)38/h4-17,25,33,37H,18,32H2,1-3H3/t25-/m0/s1. The van der Waals surface area contributed by atoms with Gasteiger partial charge in [-0.25, -0.2) is 0 Å². The second-order valence-electron chi connectivity index (χ2n) is 9.67. The number of hydrogen-bond donors (Lipinski definition) is 3. The number of para-hydroxylation sites is 1. The Morgan fingerprint density at radius 3 is 2.37 bits per heavy atom. The number of aromatic nitrogens is 1. The van der Waals surface area contributed by atoms with Crippen molar-refractivity contribution in [3.63, 3.8) is 0 Å². The van der Waals surface area contributed by atoms with Gasteiger partial charge in [-0.2, -0.15) is 0 Å². The predicted octanol–water partition coefficient (Wildman–Crippen LogP) is 5.47. The van der Waals surface area contributed by atoms with Crippen LogP contribution in [0.4, 0.5) is 17.1 Å². The molecule has 0 aliphatic carbocycles. The van der Waals surface area contributed by atoms with E-state index in [4.69, 9.17) is 5.73 Å². The molecule has 0 unspecified atom stereocenters. The lowest BCUT2D eigenvalue weighted by Crippen LogP contribution is -2.27. The highest BCUT2D eigenvalue weighted by atomic mass is 16.3. The van der Waals surface area contributed by atoms with Gasteiger partial charge in [0.15, 0.2) is 5.78 Å². The third-order valence-corrected chi connectivity index (χ3v) is 7.02. The highest BCUT2D eigenvalue weighted by Gasteiger charge is 2.25. The Morgan fingerprint density at radius 2 is 1.66 bits per heavy atom. The monoisotopic (exact) mass is 506 g/mol. The number of aromatic hydroxyl groups is 1. The van der Waals surface area contributed by atoms with Crippen molar-refractivity contribution < 1.29 is 9.90 Å². The Balaban J connectivity index is 1.59. The molecule has 0 saturated carbocycles. The molecule has 7 heteroatoms. The molecule has 0 amide bonds. The van der Waals surface area contributed by atoms with Crippen LogP contribution in [0.1, 0.15) is 28.4 Å². The largest absolute Gasteiger partial charge is 0.506 e. The van der Waals surface area contributed by atoms with E-state index in [0.717, 1.165) is 27.7 Å². The topological polar surface area (TPSA) is 101 Å². The molecule has 0 saturated heterocycles. The molecule has 0 aliphatic heterocycles. The van der Waals surface area contributed by atoms with Crippen LogP contribution in [-0.4, -0.2) is 29.6 Å². The summed E-state index contributed by atoms with van der Waals surface area (Å²) in [6.45, 7) is 0. The van der Waals surface area contributed by atoms with Crippen LogP contribution >= 0.6 is 0 Å². The van der Waals surface area contributed by atoms with Crippen LogP contribution in [0.2, 0.25) is 0 Å². The van der Waals surface area contributed by atoms with Gasteiger partial charge in [0.05, 0.1) is 11.6 Å². The molecule has 5 aromatic rings. The van der Waals surface area contributed by atoms with Gasteiger partial charge in [-0.05, 0) is 47.3 Å². The smallest absolute Gasteiger partial charge is 0.265 e. The van der Waals surface area contributed by atoms with Gasteiger partial charge in [0.25, 0.3) is 5.56 Å². The Labute approximate surface area is 220 Å². The Bertz CT molecular complexity index is 1720. The van der Waals surface area contributed by atoms with Crippen molar-refractivity contribution in [2.45, 2.75) is 12.5 Å². The number of nitrogen functional groups attached to an aromatic ring is 1. The van der Waals surface area contributed by atoms with Crippen LogP contribution in [0.5, 0.6) is 5.75 Å². The van der Waals surface area contributed by atoms with E-state index in [1.807, 2.05) is 79.7 Å². The molecule has 0 fully saturated rings. The Hall–Kier alpha value is -4.78. The molecular formula is C31H30N4O3. The molecule has 1 atom stereocenters. The summed E-state index contributed by atoms with van der Waals surface area (Å²) in [5.41, 5.74) is 9.46. The van der Waals surface area contributed by atoms with Gasteiger partial charge in [0.1, 0.15) is 11.3 Å². The number of Topliss-reactive ketones (excluding diaryl/α,β-unsaturated/α-hetero) is 1. The molecule has 1 heterocycles. The summed E-state index contributed by atoms with van der Waals surface area (Å²) in [5.74, 6) is -0.735. The molecule has 5 rings (SSSR count). The highest BCUT2D eigenvalue weighted by Crippen LogP contribution is 2.34. The first-order valence-electron chi connectivity index (χ1n) is 12.4. The zero-order chi connectivity index (χ0) is 27.0. The van der Waals surface area contributed by atoms with Gasteiger partial charge < -0.3 is 25.6 Å². The zero-order valence-electron chi connectivity index (χ0n) is 21.6. The third kappa shape index (κ3) is 4.43. The number of nitrogens with one attached hydrogen (secondary N) is 1. The molecule has 4 N–H and O–H groups in total. The number of carbonyl (C=O) groups excluding carboxylic acids is 1. The van der Waals surface area contributed by atoms with Crippen molar-refractivity contribution in [2.75, 3.05) is 30.0 Å². The van der Waals surface area contributed by atoms with Crippen LogP contribution in [-0.2, 0) is 7.05 Å². The summed E-state index contributed by atoms with van der Waals surface area (Å²) < 4.78 is 1.40. The van der Waals surface area contributed by atoms with Crippen LogP contribution in [0.15, 0.2) is 89.7 Å². The molecule has 192 valence electrons. The molecule has 4 aromatic carbocycles. The number of rotatable bonds is 7. The number of nitrogens with two attached hydrogens (primary N) is 1. The van der Waals surface area contributed by atoms with Crippen LogP contribution in [0.25, 0.3) is 21.7 Å². The normalized spacial score (nSPS) is 12.0. The predicted molar refractivity (Wildman–Crippen MR) is 155 cm³/mol. The van der Waals surface area contributed by atoms with Gasteiger partial charge in [-0.1, -0.05) is 48.5 Å². The quantitative estimate of drug-likeness (QED) is 0.200. The van der Waals surface area contributed by atoms with E-state index in [2.05, 4.69) is 5.32 Å². The summed E-state index contributed by atoms with van der Waals surface area (Å²) in [6.07, 6.45) is -0.0500. The van der Waals surface area contributed by atoms with Gasteiger partial charge in [0, 0.05) is 55.4 Å². The summed E-state index contributed by atoms with van der Waals surface area (Å²) in [4.78, 5) is 28.9. The van der Waals surface area contributed by atoms with Gasteiger partial charge >= 0.3 is 0 Å². The van der Waals surface area contributed by atoms with Crippen molar-refractivity contribution >= 4 is 44.5 Å². The number of carbonyl (C=O) groups is 1. The van der Waals surface area contributed by atoms with Crippen molar-refractivity contribution in [1.29, 1.82) is 0 Å². The van der Waals surface area contributed by atoms with Crippen LogP contribution < -0.4 is 21.5 Å². The Morgan fingerprint density at radius 1 is 0.974 bits per heavy atom. The molecule has 7 nitrogen and oxygen atoms in total. The molecule has 0 bridgehead atoms. The maximum atomic E-state index is 13.7. The third-order valence-electron chi connectivity index (χ3n) is 7.02. The molecule has 0 radical (unpaired) electrons. The fourth-order valence-electron chi connectivity index (χ4n) is 4.95.